The van der Waals surface area contributed by atoms with Crippen LogP contribution >= 0.6 is 0 Å². The molecule has 2 saturated heterocycles. The lowest BCUT2D eigenvalue weighted by Gasteiger charge is -2.43. The molecule has 1 aromatic rings. The van der Waals surface area contributed by atoms with Gasteiger partial charge in [-0.05, 0) is 26.0 Å². The molecule has 1 spiro atoms. The smallest absolute Gasteiger partial charge is 0.289 e. The van der Waals surface area contributed by atoms with Crippen molar-refractivity contribution >= 4 is 5.91 Å². The molecular formula is C16H24N2O4. The molecule has 1 aromatic heterocycles. The molecule has 0 saturated carbocycles. The number of morpholine rings is 1. The van der Waals surface area contributed by atoms with E-state index in [1.54, 1.807) is 12.1 Å². The predicted molar refractivity (Wildman–Crippen MR) is 80.8 cm³/mol. The molecule has 3 rings (SSSR count). The van der Waals surface area contributed by atoms with Crippen LogP contribution in [0.4, 0.5) is 0 Å². The molecule has 1 atom stereocenters. The van der Waals surface area contributed by atoms with Crippen molar-refractivity contribution in [2.75, 3.05) is 46.0 Å². The zero-order valence-corrected chi connectivity index (χ0v) is 13.3. The van der Waals surface area contributed by atoms with Crippen molar-refractivity contribution in [3.05, 3.63) is 24.2 Å². The minimum Gasteiger partial charge on any atom is -0.459 e. The summed E-state index contributed by atoms with van der Waals surface area (Å²) in [6.07, 6.45) is 1.53. The van der Waals surface area contributed by atoms with Crippen molar-refractivity contribution in [2.24, 2.45) is 0 Å². The number of rotatable bonds is 2. The van der Waals surface area contributed by atoms with E-state index in [4.69, 9.17) is 13.9 Å². The highest BCUT2D eigenvalue weighted by molar-refractivity contribution is 5.91. The average molecular weight is 308 g/mol. The topological polar surface area (TPSA) is 55.2 Å². The van der Waals surface area contributed by atoms with Crippen LogP contribution in [0.5, 0.6) is 0 Å². The van der Waals surface area contributed by atoms with Crippen LogP contribution in [0.15, 0.2) is 22.8 Å². The van der Waals surface area contributed by atoms with Gasteiger partial charge in [-0.3, -0.25) is 9.69 Å². The van der Waals surface area contributed by atoms with Crippen molar-refractivity contribution in [3.8, 4) is 0 Å². The molecule has 0 aromatic carbocycles. The lowest BCUT2D eigenvalue weighted by Crippen LogP contribution is -2.60. The zero-order valence-electron chi connectivity index (χ0n) is 13.3. The highest BCUT2D eigenvalue weighted by Gasteiger charge is 2.42. The monoisotopic (exact) mass is 308 g/mol. The van der Waals surface area contributed by atoms with Crippen LogP contribution < -0.4 is 0 Å². The van der Waals surface area contributed by atoms with E-state index >= 15 is 0 Å². The summed E-state index contributed by atoms with van der Waals surface area (Å²) in [6.45, 7) is 8.91. The number of furan rings is 1. The summed E-state index contributed by atoms with van der Waals surface area (Å²) in [5, 5.41) is 0. The Morgan fingerprint density at radius 1 is 1.27 bits per heavy atom. The molecule has 6 heteroatoms. The Balaban J connectivity index is 1.74. The molecule has 0 N–H and O–H groups in total. The van der Waals surface area contributed by atoms with Gasteiger partial charge in [0, 0.05) is 25.7 Å². The molecular weight excluding hydrogens is 284 g/mol. The van der Waals surface area contributed by atoms with Crippen LogP contribution in [0.25, 0.3) is 0 Å². The fourth-order valence-electron chi connectivity index (χ4n) is 3.13. The molecule has 6 nitrogen and oxygen atoms in total. The summed E-state index contributed by atoms with van der Waals surface area (Å²) in [7, 11) is 0. The lowest BCUT2D eigenvalue weighted by molar-refractivity contribution is -0.134. The van der Waals surface area contributed by atoms with Gasteiger partial charge in [-0.1, -0.05) is 0 Å². The van der Waals surface area contributed by atoms with Crippen molar-refractivity contribution < 1.29 is 18.7 Å². The van der Waals surface area contributed by atoms with Gasteiger partial charge < -0.3 is 18.8 Å². The first-order valence-corrected chi connectivity index (χ1v) is 7.88. The minimum absolute atomic E-state index is 0.0759. The van der Waals surface area contributed by atoms with Crippen molar-refractivity contribution in [1.82, 2.24) is 9.80 Å². The van der Waals surface area contributed by atoms with Gasteiger partial charge in [0.25, 0.3) is 5.91 Å². The first-order valence-electron chi connectivity index (χ1n) is 7.88. The Bertz CT molecular complexity index is 502. The fraction of sp³-hybridized carbons (Fsp3) is 0.688. The summed E-state index contributed by atoms with van der Waals surface area (Å²) in [5.41, 5.74) is -0.443. The Morgan fingerprint density at radius 2 is 2.14 bits per heavy atom. The third-order valence-corrected chi connectivity index (χ3v) is 4.38. The maximum Gasteiger partial charge on any atom is 0.289 e. The Hall–Kier alpha value is -1.37. The molecule has 2 aliphatic heterocycles. The van der Waals surface area contributed by atoms with Crippen molar-refractivity contribution in [3.63, 3.8) is 0 Å². The third kappa shape index (κ3) is 3.19. The first kappa shape index (κ1) is 15.5. The van der Waals surface area contributed by atoms with Crippen LogP contribution in [0.2, 0.25) is 0 Å². The summed E-state index contributed by atoms with van der Waals surface area (Å²) in [4.78, 5) is 16.7. The number of carbonyl (C=O) groups is 1. The molecule has 2 aliphatic rings. The number of hydrogen-bond donors (Lipinski definition) is 0. The molecule has 1 amide bonds. The van der Waals surface area contributed by atoms with Gasteiger partial charge in [0.1, 0.15) is 5.60 Å². The van der Waals surface area contributed by atoms with Crippen LogP contribution in [0, 0.1) is 0 Å². The maximum atomic E-state index is 12.5. The normalized spacial score (nSPS) is 27.3. The molecule has 0 bridgehead atoms. The van der Waals surface area contributed by atoms with Gasteiger partial charge >= 0.3 is 0 Å². The molecule has 0 aliphatic carbocycles. The van der Waals surface area contributed by atoms with Gasteiger partial charge in [-0.25, -0.2) is 0 Å². The largest absolute Gasteiger partial charge is 0.459 e. The van der Waals surface area contributed by atoms with E-state index in [2.05, 4.69) is 18.7 Å². The quantitative estimate of drug-likeness (QED) is 0.822. The highest BCUT2D eigenvalue weighted by atomic mass is 16.5. The van der Waals surface area contributed by atoms with E-state index in [0.29, 0.717) is 44.7 Å². The predicted octanol–water partition coefficient (Wildman–Crippen LogP) is 1.23. The van der Waals surface area contributed by atoms with E-state index in [-0.39, 0.29) is 5.91 Å². The summed E-state index contributed by atoms with van der Waals surface area (Å²) < 4.78 is 17.1. The number of ether oxygens (including phenoxy) is 2. The van der Waals surface area contributed by atoms with E-state index in [1.165, 1.54) is 6.26 Å². The summed E-state index contributed by atoms with van der Waals surface area (Å²) in [5.74, 6) is 0.306. The minimum atomic E-state index is -0.443. The Morgan fingerprint density at radius 3 is 2.86 bits per heavy atom. The van der Waals surface area contributed by atoms with Gasteiger partial charge in [0.2, 0.25) is 0 Å². The van der Waals surface area contributed by atoms with Crippen LogP contribution in [-0.4, -0.2) is 73.3 Å². The van der Waals surface area contributed by atoms with Crippen LogP contribution in [0.1, 0.15) is 24.4 Å². The number of nitrogens with zero attached hydrogens (tertiary/aromatic N) is 2. The van der Waals surface area contributed by atoms with Crippen LogP contribution in [0.3, 0.4) is 0 Å². The van der Waals surface area contributed by atoms with E-state index < -0.39 is 5.60 Å². The van der Waals surface area contributed by atoms with Gasteiger partial charge in [-0.2, -0.15) is 0 Å². The second-order valence-corrected chi connectivity index (χ2v) is 6.35. The molecule has 3 heterocycles. The van der Waals surface area contributed by atoms with E-state index in [0.717, 1.165) is 13.1 Å². The van der Waals surface area contributed by atoms with E-state index in [1.807, 2.05) is 4.90 Å². The van der Waals surface area contributed by atoms with Gasteiger partial charge in [0.05, 0.1) is 32.6 Å². The number of carbonyl (C=O) groups excluding carboxylic acids is 1. The molecule has 122 valence electrons. The van der Waals surface area contributed by atoms with Crippen LogP contribution in [-0.2, 0) is 9.47 Å². The SMILES string of the molecule is CC(C)N1CCOC[C@@]2(CN(C(=O)c3ccco3)CCO2)C1. The number of amides is 1. The van der Waals surface area contributed by atoms with Gasteiger partial charge in [0.15, 0.2) is 5.76 Å². The van der Waals surface area contributed by atoms with E-state index in [9.17, 15) is 4.79 Å². The third-order valence-electron chi connectivity index (χ3n) is 4.38. The number of hydrogen-bond acceptors (Lipinski definition) is 5. The summed E-state index contributed by atoms with van der Waals surface area (Å²) in [6, 6.07) is 3.87. The average Bonchev–Trinajstić information content (AvgIpc) is 2.97. The molecule has 22 heavy (non-hydrogen) atoms. The second-order valence-electron chi connectivity index (χ2n) is 6.35. The zero-order chi connectivity index (χ0) is 15.6. The second kappa shape index (κ2) is 6.40. The molecule has 0 radical (unpaired) electrons. The van der Waals surface area contributed by atoms with Crippen molar-refractivity contribution in [2.45, 2.75) is 25.5 Å². The standard InChI is InChI=1S/C16H24N2O4/c1-13(2)17-5-8-20-12-16(10-17)11-18(6-9-22-16)15(19)14-4-3-7-21-14/h3-4,7,13H,5-6,8-12H2,1-2H3/t16-/m0/s1. The Kier molecular flexibility index (Phi) is 4.52. The molecule has 2 fully saturated rings. The Labute approximate surface area is 131 Å². The van der Waals surface area contributed by atoms with Crippen molar-refractivity contribution in [1.29, 1.82) is 0 Å². The van der Waals surface area contributed by atoms with Gasteiger partial charge in [-0.15, -0.1) is 0 Å². The highest BCUT2D eigenvalue weighted by Crippen LogP contribution is 2.24. The fourth-order valence-corrected chi connectivity index (χ4v) is 3.13. The molecule has 0 unspecified atom stereocenters. The maximum absolute atomic E-state index is 12.5. The first-order chi connectivity index (χ1) is 10.6. The lowest BCUT2D eigenvalue weighted by atomic mass is 10.0. The summed E-state index contributed by atoms with van der Waals surface area (Å²) >= 11 is 0.